The van der Waals surface area contributed by atoms with Crippen molar-refractivity contribution in [1.29, 1.82) is 0 Å². The minimum absolute atomic E-state index is 0.343. The summed E-state index contributed by atoms with van der Waals surface area (Å²) >= 11 is 0. The summed E-state index contributed by atoms with van der Waals surface area (Å²) in [6.07, 6.45) is 6.87. The molecule has 1 aliphatic heterocycles. The van der Waals surface area contributed by atoms with E-state index in [0.717, 1.165) is 25.9 Å². The lowest BCUT2D eigenvalue weighted by molar-refractivity contribution is 0.291. The van der Waals surface area contributed by atoms with Crippen molar-refractivity contribution in [3.05, 3.63) is 12.7 Å². The lowest BCUT2D eigenvalue weighted by Gasteiger charge is -2.19. The molecule has 1 atom stereocenters. The topological polar surface area (TPSA) is 35.8 Å². The van der Waals surface area contributed by atoms with Gasteiger partial charge in [-0.3, -0.25) is 4.90 Å². The van der Waals surface area contributed by atoms with Gasteiger partial charge in [-0.1, -0.05) is 6.08 Å². The fourth-order valence-electron chi connectivity index (χ4n) is 1.63. The Morgan fingerprint density at radius 2 is 2.50 bits per heavy atom. The minimum Gasteiger partial charge on any atom is -0.411 e. The molecule has 0 bridgehead atoms. The fraction of sp³-hybridized carbons (Fsp3) is 0.667. The molecule has 3 heteroatoms. The molecule has 68 valence electrons. The molecule has 3 nitrogen and oxygen atoms in total. The highest BCUT2D eigenvalue weighted by atomic mass is 16.4. The van der Waals surface area contributed by atoms with Crippen LogP contribution in [0.5, 0.6) is 0 Å². The van der Waals surface area contributed by atoms with Crippen LogP contribution in [-0.2, 0) is 0 Å². The number of nitrogens with zero attached hydrogens (tertiary/aromatic N) is 2. The molecule has 1 heterocycles. The van der Waals surface area contributed by atoms with Crippen molar-refractivity contribution in [2.45, 2.75) is 25.3 Å². The molecule has 12 heavy (non-hydrogen) atoms. The van der Waals surface area contributed by atoms with Crippen molar-refractivity contribution in [2.24, 2.45) is 5.16 Å². The molecule has 1 unspecified atom stereocenters. The molecule has 1 aliphatic rings. The van der Waals surface area contributed by atoms with E-state index in [2.05, 4.69) is 16.6 Å². The lowest BCUT2D eigenvalue weighted by atomic mass is 10.2. The smallest absolute Gasteiger partial charge is 0.0607 e. The number of hydrogen-bond donors (Lipinski definition) is 1. The van der Waals surface area contributed by atoms with E-state index in [1.54, 1.807) is 6.21 Å². The van der Waals surface area contributed by atoms with E-state index < -0.39 is 0 Å². The van der Waals surface area contributed by atoms with Crippen LogP contribution in [0.15, 0.2) is 17.8 Å². The van der Waals surface area contributed by atoms with Crippen LogP contribution in [-0.4, -0.2) is 35.5 Å². The Bertz CT molecular complexity index is 168. The van der Waals surface area contributed by atoms with Crippen molar-refractivity contribution in [3.63, 3.8) is 0 Å². The zero-order valence-corrected chi connectivity index (χ0v) is 7.32. The van der Waals surface area contributed by atoms with Gasteiger partial charge in [0.1, 0.15) is 0 Å². The first-order valence-electron chi connectivity index (χ1n) is 4.41. The molecule has 0 aromatic heterocycles. The predicted octanol–water partition coefficient (Wildman–Crippen LogP) is 1.49. The summed E-state index contributed by atoms with van der Waals surface area (Å²) in [6.45, 7) is 5.83. The molecule has 1 rings (SSSR count). The average Bonchev–Trinajstić information content (AvgIpc) is 2.50. The molecular weight excluding hydrogens is 152 g/mol. The van der Waals surface area contributed by atoms with E-state index in [0.29, 0.717) is 6.04 Å². The second kappa shape index (κ2) is 4.93. The largest absolute Gasteiger partial charge is 0.411 e. The Morgan fingerprint density at radius 3 is 3.17 bits per heavy atom. The maximum absolute atomic E-state index is 8.39. The zero-order chi connectivity index (χ0) is 8.81. The van der Waals surface area contributed by atoms with Crippen LogP contribution in [0.1, 0.15) is 19.3 Å². The summed E-state index contributed by atoms with van der Waals surface area (Å²) in [5, 5.41) is 11.5. The molecule has 0 aromatic rings. The predicted molar refractivity (Wildman–Crippen MR) is 49.7 cm³/mol. The van der Waals surface area contributed by atoms with Crippen LogP contribution in [0.3, 0.4) is 0 Å². The highest BCUT2D eigenvalue weighted by molar-refractivity contribution is 5.63. The molecule has 1 saturated heterocycles. The van der Waals surface area contributed by atoms with Crippen LogP contribution >= 0.6 is 0 Å². The first-order chi connectivity index (χ1) is 5.88. The third-order valence-electron chi connectivity index (χ3n) is 2.27. The molecule has 0 radical (unpaired) electrons. The highest BCUT2D eigenvalue weighted by Crippen LogP contribution is 2.15. The minimum atomic E-state index is 0.343. The molecule has 0 aliphatic carbocycles. The van der Waals surface area contributed by atoms with Gasteiger partial charge in [0.2, 0.25) is 0 Å². The second-order valence-corrected chi connectivity index (χ2v) is 3.09. The van der Waals surface area contributed by atoms with Crippen LogP contribution in [0, 0.1) is 0 Å². The van der Waals surface area contributed by atoms with E-state index in [4.69, 9.17) is 5.21 Å². The van der Waals surface area contributed by atoms with Gasteiger partial charge in [0, 0.05) is 12.6 Å². The molecule has 0 aromatic carbocycles. The number of hydrogen-bond acceptors (Lipinski definition) is 3. The van der Waals surface area contributed by atoms with Gasteiger partial charge in [-0.15, -0.1) is 11.7 Å². The Kier molecular flexibility index (Phi) is 3.80. The van der Waals surface area contributed by atoms with Crippen LogP contribution in [0.4, 0.5) is 0 Å². The van der Waals surface area contributed by atoms with Crippen LogP contribution in [0.25, 0.3) is 0 Å². The lowest BCUT2D eigenvalue weighted by Crippen LogP contribution is -2.31. The monoisotopic (exact) mass is 168 g/mol. The summed E-state index contributed by atoms with van der Waals surface area (Å²) in [5.41, 5.74) is 0. The Morgan fingerprint density at radius 1 is 1.67 bits per heavy atom. The second-order valence-electron chi connectivity index (χ2n) is 3.09. The van der Waals surface area contributed by atoms with E-state index in [-0.39, 0.29) is 0 Å². The van der Waals surface area contributed by atoms with Gasteiger partial charge < -0.3 is 5.21 Å². The molecule has 1 fully saturated rings. The maximum atomic E-state index is 8.39. The Labute approximate surface area is 73.4 Å². The fourth-order valence-corrected chi connectivity index (χ4v) is 1.63. The van der Waals surface area contributed by atoms with Crippen LogP contribution in [0.2, 0.25) is 0 Å². The number of likely N-dealkylation sites (tertiary alicyclic amines) is 1. The molecule has 0 spiro atoms. The van der Waals surface area contributed by atoms with E-state index in [1.807, 2.05) is 6.08 Å². The van der Waals surface area contributed by atoms with Crippen molar-refractivity contribution >= 4 is 6.21 Å². The zero-order valence-electron chi connectivity index (χ0n) is 7.32. The van der Waals surface area contributed by atoms with Gasteiger partial charge in [0.05, 0.1) is 6.21 Å². The van der Waals surface area contributed by atoms with Crippen molar-refractivity contribution in [2.75, 3.05) is 13.1 Å². The SMILES string of the molecule is C=CCCN1CCCC1/C=N/O. The summed E-state index contributed by atoms with van der Waals surface area (Å²) in [5.74, 6) is 0. The Balaban J connectivity index is 2.35. The normalized spacial score (nSPS) is 25.2. The van der Waals surface area contributed by atoms with Gasteiger partial charge in [-0.2, -0.15) is 0 Å². The number of rotatable bonds is 4. The third kappa shape index (κ3) is 2.34. The standard InChI is InChI=1S/C9H16N2O/c1-2-3-6-11-7-4-5-9(11)8-10-12/h2,8-9,12H,1,3-7H2/b10-8+. The average molecular weight is 168 g/mol. The quantitative estimate of drug-likeness (QED) is 0.299. The van der Waals surface area contributed by atoms with Gasteiger partial charge in [0.15, 0.2) is 0 Å². The van der Waals surface area contributed by atoms with Crippen molar-refractivity contribution in [3.8, 4) is 0 Å². The summed E-state index contributed by atoms with van der Waals surface area (Å²) in [4.78, 5) is 2.32. The first-order valence-corrected chi connectivity index (χ1v) is 4.41. The summed E-state index contributed by atoms with van der Waals surface area (Å²) in [6, 6.07) is 0.343. The molecule has 1 N–H and O–H groups in total. The van der Waals surface area contributed by atoms with Crippen molar-refractivity contribution in [1.82, 2.24) is 4.90 Å². The van der Waals surface area contributed by atoms with E-state index in [9.17, 15) is 0 Å². The third-order valence-corrected chi connectivity index (χ3v) is 2.27. The van der Waals surface area contributed by atoms with E-state index >= 15 is 0 Å². The van der Waals surface area contributed by atoms with Gasteiger partial charge in [-0.05, 0) is 25.8 Å². The van der Waals surface area contributed by atoms with Crippen LogP contribution < -0.4 is 0 Å². The van der Waals surface area contributed by atoms with Gasteiger partial charge in [-0.25, -0.2) is 0 Å². The molecular formula is C9H16N2O. The van der Waals surface area contributed by atoms with E-state index in [1.165, 1.54) is 6.42 Å². The Hall–Kier alpha value is -0.830. The highest BCUT2D eigenvalue weighted by Gasteiger charge is 2.21. The summed E-state index contributed by atoms with van der Waals surface area (Å²) in [7, 11) is 0. The maximum Gasteiger partial charge on any atom is 0.0607 e. The van der Waals surface area contributed by atoms with Gasteiger partial charge in [0.25, 0.3) is 0 Å². The van der Waals surface area contributed by atoms with Crippen molar-refractivity contribution < 1.29 is 5.21 Å². The molecule has 0 amide bonds. The first kappa shape index (κ1) is 9.26. The molecule has 0 saturated carbocycles. The van der Waals surface area contributed by atoms with Gasteiger partial charge >= 0.3 is 0 Å². The summed E-state index contributed by atoms with van der Waals surface area (Å²) < 4.78 is 0. The number of oxime groups is 1.